The van der Waals surface area contributed by atoms with Crippen molar-refractivity contribution in [3.63, 3.8) is 0 Å². The second-order valence-electron chi connectivity index (χ2n) is 3.75. The lowest BCUT2D eigenvalue weighted by Crippen LogP contribution is -2.19. The van der Waals surface area contributed by atoms with Gasteiger partial charge in [-0.15, -0.1) is 0 Å². The van der Waals surface area contributed by atoms with E-state index < -0.39 is 0 Å². The number of Topliss-reactive ketones (excluding diaryl/α,β-unsaturated/α-hetero) is 1. The molecule has 0 spiro atoms. The van der Waals surface area contributed by atoms with Gasteiger partial charge in [0.1, 0.15) is 11.5 Å². The Balaban J connectivity index is 1.98. The lowest BCUT2D eigenvalue weighted by molar-refractivity contribution is 0.0817. The number of hydrogen-bond donors (Lipinski definition) is 0. The molecule has 3 nitrogen and oxygen atoms in total. The first-order valence-corrected chi connectivity index (χ1v) is 5.17. The van der Waals surface area contributed by atoms with Crippen LogP contribution in [0.2, 0.25) is 0 Å². The number of ketones is 1. The Kier molecular flexibility index (Phi) is 2.03. The topological polar surface area (TPSA) is 39.4 Å². The second-order valence-corrected chi connectivity index (χ2v) is 3.75. The standard InChI is InChI=1S/C13H10O3/c14-10-8-13(12-6-3-7-15-12)16-11-5-2-1-4-9(10)11/h1-7,13H,8H2/t13-/m1/s1. The molecular weight excluding hydrogens is 204 g/mol. The average molecular weight is 214 g/mol. The number of carbonyl (C=O) groups excluding carboxylic acids is 1. The number of ether oxygens (including phenoxy) is 1. The van der Waals surface area contributed by atoms with E-state index in [-0.39, 0.29) is 11.9 Å². The largest absolute Gasteiger partial charge is 0.481 e. The van der Waals surface area contributed by atoms with E-state index in [2.05, 4.69) is 0 Å². The molecule has 1 aromatic carbocycles. The van der Waals surface area contributed by atoms with Gasteiger partial charge in [0.15, 0.2) is 11.9 Å². The molecule has 16 heavy (non-hydrogen) atoms. The highest BCUT2D eigenvalue weighted by molar-refractivity contribution is 5.99. The fraction of sp³-hybridized carbons (Fsp3) is 0.154. The summed E-state index contributed by atoms with van der Waals surface area (Å²) < 4.78 is 11.0. The van der Waals surface area contributed by atoms with Crippen LogP contribution in [0.1, 0.15) is 28.6 Å². The minimum Gasteiger partial charge on any atom is -0.481 e. The van der Waals surface area contributed by atoms with Crippen molar-refractivity contribution < 1.29 is 13.9 Å². The molecule has 0 bridgehead atoms. The summed E-state index contributed by atoms with van der Waals surface area (Å²) in [6, 6.07) is 10.9. The molecule has 0 saturated heterocycles. The Morgan fingerprint density at radius 2 is 2.00 bits per heavy atom. The van der Waals surface area contributed by atoms with Crippen LogP contribution in [-0.2, 0) is 0 Å². The molecular formula is C13H10O3. The van der Waals surface area contributed by atoms with Crippen molar-refractivity contribution in [3.05, 3.63) is 54.0 Å². The van der Waals surface area contributed by atoms with Crippen molar-refractivity contribution >= 4 is 5.78 Å². The molecule has 1 aliphatic heterocycles. The quantitative estimate of drug-likeness (QED) is 0.732. The molecule has 0 aliphatic carbocycles. The van der Waals surface area contributed by atoms with Gasteiger partial charge in [0.05, 0.1) is 18.2 Å². The Labute approximate surface area is 92.6 Å². The normalized spacial score (nSPS) is 19.0. The van der Waals surface area contributed by atoms with Gasteiger partial charge in [-0.3, -0.25) is 4.79 Å². The number of rotatable bonds is 1. The molecule has 2 aromatic rings. The van der Waals surface area contributed by atoms with Gasteiger partial charge in [0.2, 0.25) is 0 Å². The van der Waals surface area contributed by atoms with Crippen LogP contribution in [-0.4, -0.2) is 5.78 Å². The van der Waals surface area contributed by atoms with Crippen molar-refractivity contribution in [1.29, 1.82) is 0 Å². The van der Waals surface area contributed by atoms with Gasteiger partial charge >= 0.3 is 0 Å². The van der Waals surface area contributed by atoms with Gasteiger partial charge in [-0.2, -0.15) is 0 Å². The van der Waals surface area contributed by atoms with E-state index in [0.717, 1.165) is 0 Å². The first-order chi connectivity index (χ1) is 7.84. The fourth-order valence-electron chi connectivity index (χ4n) is 1.91. The van der Waals surface area contributed by atoms with Crippen LogP contribution in [0.15, 0.2) is 47.1 Å². The predicted octanol–water partition coefficient (Wildman–Crippen LogP) is 2.99. The SMILES string of the molecule is O=C1C[C@H](c2ccco2)Oc2ccccc21. The van der Waals surface area contributed by atoms with E-state index in [1.807, 2.05) is 24.3 Å². The van der Waals surface area contributed by atoms with Crippen LogP contribution >= 0.6 is 0 Å². The predicted molar refractivity (Wildman–Crippen MR) is 57.5 cm³/mol. The molecule has 3 rings (SSSR count). The molecule has 0 unspecified atom stereocenters. The fourth-order valence-corrected chi connectivity index (χ4v) is 1.91. The van der Waals surface area contributed by atoms with E-state index in [1.54, 1.807) is 18.4 Å². The maximum atomic E-state index is 11.9. The summed E-state index contributed by atoms with van der Waals surface area (Å²) in [5.74, 6) is 1.44. The molecule has 3 heteroatoms. The number of carbonyl (C=O) groups is 1. The number of hydrogen-bond acceptors (Lipinski definition) is 3. The number of fused-ring (bicyclic) bond motifs is 1. The summed E-state index contributed by atoms with van der Waals surface area (Å²) in [6.45, 7) is 0. The molecule has 2 heterocycles. The minimum atomic E-state index is -0.294. The van der Waals surface area contributed by atoms with Crippen LogP contribution in [0.5, 0.6) is 5.75 Å². The molecule has 0 saturated carbocycles. The second kappa shape index (κ2) is 3.52. The van der Waals surface area contributed by atoms with Crippen molar-refractivity contribution in [2.24, 2.45) is 0 Å². The molecule has 0 amide bonds. The van der Waals surface area contributed by atoms with E-state index in [9.17, 15) is 4.79 Å². The van der Waals surface area contributed by atoms with Crippen LogP contribution in [0.4, 0.5) is 0 Å². The number of furan rings is 1. The minimum absolute atomic E-state index is 0.100. The maximum absolute atomic E-state index is 11.9. The van der Waals surface area contributed by atoms with E-state index in [1.165, 1.54) is 0 Å². The zero-order valence-electron chi connectivity index (χ0n) is 8.55. The highest BCUT2D eigenvalue weighted by Gasteiger charge is 2.28. The zero-order chi connectivity index (χ0) is 11.0. The molecule has 0 radical (unpaired) electrons. The van der Waals surface area contributed by atoms with Crippen LogP contribution in [0.25, 0.3) is 0 Å². The van der Waals surface area contributed by atoms with Crippen LogP contribution in [0, 0.1) is 0 Å². The third kappa shape index (κ3) is 1.41. The van der Waals surface area contributed by atoms with Gasteiger partial charge < -0.3 is 9.15 Å². The number of para-hydroxylation sites is 1. The van der Waals surface area contributed by atoms with Crippen molar-refractivity contribution in [1.82, 2.24) is 0 Å². The summed E-state index contributed by atoms with van der Waals surface area (Å²) in [7, 11) is 0. The molecule has 80 valence electrons. The third-order valence-electron chi connectivity index (χ3n) is 2.69. The summed E-state index contributed by atoms with van der Waals surface area (Å²) in [5.41, 5.74) is 0.658. The van der Waals surface area contributed by atoms with Gasteiger partial charge in [-0.05, 0) is 24.3 Å². The summed E-state index contributed by atoms with van der Waals surface area (Å²) in [5, 5.41) is 0. The van der Waals surface area contributed by atoms with E-state index in [0.29, 0.717) is 23.5 Å². The van der Waals surface area contributed by atoms with Crippen LogP contribution in [0.3, 0.4) is 0 Å². The maximum Gasteiger partial charge on any atom is 0.170 e. The summed E-state index contributed by atoms with van der Waals surface area (Å²) >= 11 is 0. The first kappa shape index (κ1) is 9.21. The summed E-state index contributed by atoms with van der Waals surface area (Å²) in [4.78, 5) is 11.9. The molecule has 1 aliphatic rings. The van der Waals surface area contributed by atoms with E-state index in [4.69, 9.17) is 9.15 Å². The van der Waals surface area contributed by atoms with Gasteiger partial charge in [-0.1, -0.05) is 12.1 Å². The van der Waals surface area contributed by atoms with E-state index >= 15 is 0 Å². The Bertz CT molecular complexity index is 514. The van der Waals surface area contributed by atoms with Crippen molar-refractivity contribution in [3.8, 4) is 5.75 Å². The highest BCUT2D eigenvalue weighted by Crippen LogP contribution is 2.34. The summed E-state index contributed by atoms with van der Waals surface area (Å²) in [6.07, 6.45) is 1.63. The average Bonchev–Trinajstić information content (AvgIpc) is 2.82. The van der Waals surface area contributed by atoms with Gasteiger partial charge in [0.25, 0.3) is 0 Å². The smallest absolute Gasteiger partial charge is 0.170 e. The zero-order valence-corrected chi connectivity index (χ0v) is 8.55. The van der Waals surface area contributed by atoms with Gasteiger partial charge in [-0.25, -0.2) is 0 Å². The monoisotopic (exact) mass is 214 g/mol. The Morgan fingerprint density at radius 1 is 1.12 bits per heavy atom. The number of benzene rings is 1. The molecule has 1 aromatic heterocycles. The Morgan fingerprint density at radius 3 is 2.81 bits per heavy atom. The first-order valence-electron chi connectivity index (χ1n) is 5.17. The molecule has 0 N–H and O–H groups in total. The van der Waals surface area contributed by atoms with Crippen molar-refractivity contribution in [2.45, 2.75) is 12.5 Å². The lowest BCUT2D eigenvalue weighted by Gasteiger charge is -2.23. The van der Waals surface area contributed by atoms with Crippen molar-refractivity contribution in [2.75, 3.05) is 0 Å². The Hall–Kier alpha value is -2.03. The lowest BCUT2D eigenvalue weighted by atomic mass is 10.00. The molecule has 1 atom stereocenters. The van der Waals surface area contributed by atoms with Crippen LogP contribution < -0.4 is 4.74 Å². The van der Waals surface area contributed by atoms with Gasteiger partial charge in [0, 0.05) is 0 Å². The third-order valence-corrected chi connectivity index (χ3v) is 2.69. The molecule has 0 fully saturated rings. The highest BCUT2D eigenvalue weighted by atomic mass is 16.5.